The summed E-state index contributed by atoms with van der Waals surface area (Å²) < 4.78 is 5.97. The highest BCUT2D eigenvalue weighted by Gasteiger charge is 2.26. The molecular weight excluding hydrogens is 356 g/mol. The second-order valence-corrected chi connectivity index (χ2v) is 8.12. The molecule has 1 saturated heterocycles. The third kappa shape index (κ3) is 5.84. The van der Waals surface area contributed by atoms with Gasteiger partial charge in [0.2, 0.25) is 11.8 Å². The number of hydrogen-bond acceptors (Lipinski definition) is 4. The van der Waals surface area contributed by atoms with E-state index in [2.05, 4.69) is 10.3 Å². The SMILES string of the molecule is CN(C)C(=O)Nc1ccc(OC2CCN(C(=O)CC3CCCCC3)CC2)nc1. The number of nitrogens with one attached hydrogen (secondary N) is 1. The van der Waals surface area contributed by atoms with Crippen molar-refractivity contribution in [2.45, 2.75) is 57.5 Å². The molecule has 0 spiro atoms. The van der Waals surface area contributed by atoms with Crippen molar-refractivity contribution >= 4 is 17.6 Å². The largest absolute Gasteiger partial charge is 0.474 e. The van der Waals surface area contributed by atoms with Crippen LogP contribution in [0.5, 0.6) is 5.88 Å². The first-order valence-electron chi connectivity index (χ1n) is 10.4. The van der Waals surface area contributed by atoms with E-state index in [1.165, 1.54) is 37.0 Å². The van der Waals surface area contributed by atoms with Crippen molar-refractivity contribution in [3.05, 3.63) is 18.3 Å². The fourth-order valence-electron chi connectivity index (χ4n) is 3.92. The van der Waals surface area contributed by atoms with Crippen LogP contribution in [0.3, 0.4) is 0 Å². The van der Waals surface area contributed by atoms with Gasteiger partial charge in [0.15, 0.2) is 0 Å². The topological polar surface area (TPSA) is 74.8 Å². The third-order valence-corrected chi connectivity index (χ3v) is 5.66. The van der Waals surface area contributed by atoms with Crippen molar-refractivity contribution in [1.82, 2.24) is 14.8 Å². The minimum absolute atomic E-state index is 0.0773. The number of pyridine rings is 1. The summed E-state index contributed by atoms with van der Waals surface area (Å²) in [4.78, 5) is 31.9. The lowest BCUT2D eigenvalue weighted by Crippen LogP contribution is -2.42. The Morgan fingerprint density at radius 2 is 1.86 bits per heavy atom. The zero-order valence-corrected chi connectivity index (χ0v) is 17.0. The molecule has 1 aromatic rings. The Morgan fingerprint density at radius 3 is 2.46 bits per heavy atom. The number of carbonyl (C=O) groups excluding carboxylic acids is 2. The number of anilines is 1. The van der Waals surface area contributed by atoms with Crippen LogP contribution in [0, 0.1) is 5.92 Å². The lowest BCUT2D eigenvalue weighted by atomic mass is 9.86. The Kier molecular flexibility index (Phi) is 7.12. The maximum atomic E-state index is 12.5. The molecule has 1 saturated carbocycles. The number of aromatic nitrogens is 1. The molecule has 1 N–H and O–H groups in total. The summed E-state index contributed by atoms with van der Waals surface area (Å²) in [6.45, 7) is 1.51. The summed E-state index contributed by atoms with van der Waals surface area (Å²) in [6, 6.07) is 3.36. The maximum Gasteiger partial charge on any atom is 0.321 e. The standard InChI is InChI=1S/C21H32N4O3/c1-24(2)21(27)23-17-8-9-19(22-15-17)28-18-10-12-25(13-11-18)20(26)14-16-6-4-3-5-7-16/h8-9,15-16,18H,3-7,10-14H2,1-2H3,(H,23,27). The average molecular weight is 389 g/mol. The highest BCUT2D eigenvalue weighted by Crippen LogP contribution is 2.27. The van der Waals surface area contributed by atoms with Gasteiger partial charge in [-0.1, -0.05) is 19.3 Å². The molecule has 154 valence electrons. The molecule has 0 bridgehead atoms. The Labute approximate surface area is 167 Å². The molecule has 0 radical (unpaired) electrons. The second-order valence-electron chi connectivity index (χ2n) is 8.12. The van der Waals surface area contributed by atoms with Gasteiger partial charge in [0, 0.05) is 52.5 Å². The minimum atomic E-state index is -0.194. The first kappa shape index (κ1) is 20.4. The zero-order valence-electron chi connectivity index (χ0n) is 17.0. The van der Waals surface area contributed by atoms with Crippen LogP contribution >= 0.6 is 0 Å². The molecule has 0 unspecified atom stereocenters. The Balaban J connectivity index is 1.41. The van der Waals surface area contributed by atoms with Crippen molar-refractivity contribution < 1.29 is 14.3 Å². The quantitative estimate of drug-likeness (QED) is 0.837. The number of rotatable bonds is 5. The van der Waals surface area contributed by atoms with Crippen LogP contribution in [-0.4, -0.2) is 60.0 Å². The number of ether oxygens (including phenoxy) is 1. The van der Waals surface area contributed by atoms with Gasteiger partial charge in [0.1, 0.15) is 6.10 Å². The monoisotopic (exact) mass is 388 g/mol. The van der Waals surface area contributed by atoms with Crippen LogP contribution < -0.4 is 10.1 Å². The first-order valence-corrected chi connectivity index (χ1v) is 10.4. The maximum absolute atomic E-state index is 12.5. The number of hydrogen-bond donors (Lipinski definition) is 1. The lowest BCUT2D eigenvalue weighted by Gasteiger charge is -2.33. The van der Waals surface area contributed by atoms with Gasteiger partial charge in [-0.05, 0) is 24.8 Å². The van der Waals surface area contributed by atoms with E-state index < -0.39 is 0 Å². The molecular formula is C21H32N4O3. The molecule has 0 atom stereocenters. The smallest absolute Gasteiger partial charge is 0.321 e. The van der Waals surface area contributed by atoms with Gasteiger partial charge in [-0.25, -0.2) is 9.78 Å². The summed E-state index contributed by atoms with van der Waals surface area (Å²) in [5.41, 5.74) is 0.633. The summed E-state index contributed by atoms with van der Waals surface area (Å²) in [7, 11) is 3.37. The molecule has 2 heterocycles. The molecule has 1 aromatic heterocycles. The third-order valence-electron chi connectivity index (χ3n) is 5.66. The molecule has 3 amide bonds. The van der Waals surface area contributed by atoms with E-state index in [9.17, 15) is 9.59 Å². The van der Waals surface area contributed by atoms with Gasteiger partial charge in [0.25, 0.3) is 0 Å². The van der Waals surface area contributed by atoms with Gasteiger partial charge >= 0.3 is 6.03 Å². The van der Waals surface area contributed by atoms with E-state index in [1.807, 2.05) is 4.90 Å². The molecule has 3 rings (SSSR count). The molecule has 7 nitrogen and oxygen atoms in total. The summed E-state index contributed by atoms with van der Waals surface area (Å²) in [6.07, 6.45) is 10.3. The predicted octanol–water partition coefficient (Wildman–Crippen LogP) is 3.52. The predicted molar refractivity (Wildman–Crippen MR) is 108 cm³/mol. The fourth-order valence-corrected chi connectivity index (χ4v) is 3.92. The fraction of sp³-hybridized carbons (Fsp3) is 0.667. The van der Waals surface area contributed by atoms with Gasteiger partial charge in [-0.2, -0.15) is 0 Å². The van der Waals surface area contributed by atoms with Gasteiger partial charge < -0.3 is 19.9 Å². The van der Waals surface area contributed by atoms with Crippen molar-refractivity contribution in [2.24, 2.45) is 5.92 Å². The van der Waals surface area contributed by atoms with Crippen molar-refractivity contribution in [1.29, 1.82) is 0 Å². The van der Waals surface area contributed by atoms with Crippen LogP contribution in [0.15, 0.2) is 18.3 Å². The van der Waals surface area contributed by atoms with Crippen LogP contribution in [0.25, 0.3) is 0 Å². The van der Waals surface area contributed by atoms with Crippen molar-refractivity contribution in [3.8, 4) is 5.88 Å². The lowest BCUT2D eigenvalue weighted by molar-refractivity contribution is -0.134. The summed E-state index contributed by atoms with van der Waals surface area (Å²) >= 11 is 0. The average Bonchev–Trinajstić information content (AvgIpc) is 2.70. The van der Waals surface area contributed by atoms with E-state index in [0.717, 1.165) is 25.9 Å². The second kappa shape index (κ2) is 9.75. The zero-order chi connectivity index (χ0) is 19.9. The summed E-state index contributed by atoms with van der Waals surface area (Å²) in [5, 5.41) is 2.75. The van der Waals surface area contributed by atoms with E-state index in [-0.39, 0.29) is 12.1 Å². The van der Waals surface area contributed by atoms with Crippen LogP contribution in [0.4, 0.5) is 10.5 Å². The normalized spacial score (nSPS) is 18.6. The van der Waals surface area contributed by atoms with Crippen LogP contribution in [0.1, 0.15) is 51.4 Å². The molecule has 7 heteroatoms. The Hall–Kier alpha value is -2.31. The van der Waals surface area contributed by atoms with E-state index in [4.69, 9.17) is 4.74 Å². The summed E-state index contributed by atoms with van der Waals surface area (Å²) in [5.74, 6) is 1.45. The molecule has 1 aliphatic carbocycles. The van der Waals surface area contributed by atoms with E-state index >= 15 is 0 Å². The highest BCUT2D eigenvalue weighted by atomic mass is 16.5. The van der Waals surface area contributed by atoms with Crippen molar-refractivity contribution in [2.75, 3.05) is 32.5 Å². The van der Waals surface area contributed by atoms with Gasteiger partial charge in [-0.15, -0.1) is 0 Å². The molecule has 2 fully saturated rings. The number of urea groups is 1. The van der Waals surface area contributed by atoms with Gasteiger partial charge in [-0.3, -0.25) is 4.79 Å². The molecule has 0 aromatic carbocycles. The van der Waals surface area contributed by atoms with Gasteiger partial charge in [0.05, 0.1) is 11.9 Å². The Morgan fingerprint density at radius 1 is 1.14 bits per heavy atom. The number of piperidine rings is 1. The number of nitrogens with zero attached hydrogens (tertiary/aromatic N) is 3. The number of likely N-dealkylation sites (tertiary alicyclic amines) is 1. The number of carbonyl (C=O) groups is 2. The minimum Gasteiger partial charge on any atom is -0.474 e. The van der Waals surface area contributed by atoms with Crippen LogP contribution in [0.2, 0.25) is 0 Å². The first-order chi connectivity index (χ1) is 13.5. The highest BCUT2D eigenvalue weighted by molar-refractivity contribution is 5.88. The Bertz CT molecular complexity index is 648. The van der Waals surface area contributed by atoms with Crippen LogP contribution in [-0.2, 0) is 4.79 Å². The number of amides is 3. The van der Waals surface area contributed by atoms with E-state index in [1.54, 1.807) is 32.4 Å². The molecule has 1 aliphatic heterocycles. The van der Waals surface area contributed by atoms with E-state index in [0.29, 0.717) is 29.8 Å². The molecule has 28 heavy (non-hydrogen) atoms. The van der Waals surface area contributed by atoms with Crippen molar-refractivity contribution in [3.63, 3.8) is 0 Å². The molecule has 2 aliphatic rings.